The minimum Gasteiger partial charge on any atom is -0.308 e. The van der Waals surface area contributed by atoms with Gasteiger partial charge in [-0.1, -0.05) is 13.8 Å². The molecule has 1 atom stereocenters. The second-order valence-electron chi connectivity index (χ2n) is 5.10. The molecule has 14 heavy (non-hydrogen) atoms. The van der Waals surface area contributed by atoms with Crippen molar-refractivity contribution in [3.63, 3.8) is 0 Å². The van der Waals surface area contributed by atoms with Crippen LogP contribution in [0, 0.1) is 5.92 Å². The third-order valence-electron chi connectivity index (χ3n) is 2.81. The summed E-state index contributed by atoms with van der Waals surface area (Å²) >= 11 is 0. The molecule has 2 nitrogen and oxygen atoms in total. The average Bonchev–Trinajstić information content (AvgIpc) is 2.09. The molecule has 0 aliphatic heterocycles. The van der Waals surface area contributed by atoms with Crippen molar-refractivity contribution in [2.75, 3.05) is 34.2 Å². The summed E-state index contributed by atoms with van der Waals surface area (Å²) in [7, 11) is 6.49. The van der Waals surface area contributed by atoms with Crippen molar-refractivity contribution in [3.05, 3.63) is 0 Å². The van der Waals surface area contributed by atoms with Crippen LogP contribution in [0.25, 0.3) is 0 Å². The largest absolute Gasteiger partial charge is 0.308 e. The van der Waals surface area contributed by atoms with E-state index in [-0.39, 0.29) is 0 Å². The van der Waals surface area contributed by atoms with E-state index in [1.807, 2.05) is 0 Å². The van der Waals surface area contributed by atoms with Crippen LogP contribution in [-0.4, -0.2) is 50.1 Å². The van der Waals surface area contributed by atoms with Crippen LogP contribution in [-0.2, 0) is 0 Å². The van der Waals surface area contributed by atoms with E-state index in [9.17, 15) is 0 Å². The highest BCUT2D eigenvalue weighted by atomic mass is 15.2. The summed E-state index contributed by atoms with van der Waals surface area (Å²) in [6.07, 6.45) is 2.66. The smallest absolute Gasteiger partial charge is 0.0109 e. The van der Waals surface area contributed by atoms with Gasteiger partial charge in [0.2, 0.25) is 0 Å². The van der Waals surface area contributed by atoms with E-state index in [0.29, 0.717) is 0 Å². The number of hydrogen-bond donors (Lipinski definition) is 0. The Morgan fingerprint density at radius 2 is 1.43 bits per heavy atom. The Kier molecular flexibility index (Phi) is 7.20. The molecule has 0 rings (SSSR count). The molecule has 0 spiro atoms. The maximum absolute atomic E-state index is 2.46. The topological polar surface area (TPSA) is 6.48 Å². The third kappa shape index (κ3) is 7.34. The lowest BCUT2D eigenvalue weighted by atomic mass is 10.0. The Labute approximate surface area is 90.3 Å². The fourth-order valence-corrected chi connectivity index (χ4v) is 1.37. The first-order valence-electron chi connectivity index (χ1n) is 5.78. The fraction of sp³-hybridized carbons (Fsp3) is 1.00. The zero-order chi connectivity index (χ0) is 11.1. The van der Waals surface area contributed by atoms with Gasteiger partial charge in [-0.25, -0.2) is 0 Å². The van der Waals surface area contributed by atoms with Crippen molar-refractivity contribution in [2.45, 2.75) is 39.7 Å². The van der Waals surface area contributed by atoms with Gasteiger partial charge in [-0.15, -0.1) is 0 Å². The maximum Gasteiger partial charge on any atom is 0.0109 e. The van der Waals surface area contributed by atoms with Crippen molar-refractivity contribution in [3.8, 4) is 0 Å². The van der Waals surface area contributed by atoms with Gasteiger partial charge in [-0.3, -0.25) is 0 Å². The first kappa shape index (κ1) is 13.9. The molecule has 0 aromatic heterocycles. The Morgan fingerprint density at radius 1 is 0.857 bits per heavy atom. The zero-order valence-electron chi connectivity index (χ0n) is 10.9. The summed E-state index contributed by atoms with van der Waals surface area (Å²) < 4.78 is 0. The van der Waals surface area contributed by atoms with Gasteiger partial charge in [-0.2, -0.15) is 0 Å². The van der Waals surface area contributed by atoms with E-state index in [4.69, 9.17) is 0 Å². The zero-order valence-corrected chi connectivity index (χ0v) is 10.9. The standard InChI is InChI=1S/C12H28N2/c1-11(2)7-8-12(3)14(6)10-9-13(4)5/h11-12H,7-10H2,1-6H3. The number of likely N-dealkylation sites (N-methyl/N-ethyl adjacent to an activating group) is 2. The Balaban J connectivity index is 3.59. The van der Waals surface area contributed by atoms with E-state index >= 15 is 0 Å². The third-order valence-corrected chi connectivity index (χ3v) is 2.81. The minimum absolute atomic E-state index is 0.720. The molecule has 0 heterocycles. The van der Waals surface area contributed by atoms with E-state index in [1.165, 1.54) is 19.4 Å². The Morgan fingerprint density at radius 3 is 1.86 bits per heavy atom. The molecule has 0 fully saturated rings. The van der Waals surface area contributed by atoms with Gasteiger partial charge >= 0.3 is 0 Å². The molecule has 0 bridgehead atoms. The van der Waals surface area contributed by atoms with E-state index < -0.39 is 0 Å². The molecule has 0 aromatic rings. The second kappa shape index (κ2) is 7.24. The maximum atomic E-state index is 2.46. The van der Waals surface area contributed by atoms with Gasteiger partial charge in [0.15, 0.2) is 0 Å². The monoisotopic (exact) mass is 200 g/mol. The van der Waals surface area contributed by atoms with Crippen LogP contribution in [0.1, 0.15) is 33.6 Å². The Bertz CT molecular complexity index is 116. The SMILES string of the molecule is CC(C)CCC(C)N(C)CCN(C)C. The molecule has 0 saturated heterocycles. The highest BCUT2D eigenvalue weighted by Gasteiger charge is 2.09. The van der Waals surface area contributed by atoms with Gasteiger partial charge in [0, 0.05) is 19.1 Å². The van der Waals surface area contributed by atoms with Crippen molar-refractivity contribution in [1.29, 1.82) is 0 Å². The summed E-state index contributed by atoms with van der Waals surface area (Å²) in [5.74, 6) is 0.833. The predicted molar refractivity (Wildman–Crippen MR) is 64.7 cm³/mol. The minimum atomic E-state index is 0.720. The predicted octanol–water partition coefficient (Wildman–Crippen LogP) is 2.30. The van der Waals surface area contributed by atoms with E-state index in [0.717, 1.165) is 18.5 Å². The first-order valence-corrected chi connectivity index (χ1v) is 5.78. The molecular weight excluding hydrogens is 172 g/mol. The highest BCUT2D eigenvalue weighted by molar-refractivity contribution is 4.65. The molecule has 2 heteroatoms. The highest BCUT2D eigenvalue weighted by Crippen LogP contribution is 2.10. The molecule has 0 aliphatic rings. The summed E-state index contributed by atoms with van der Waals surface area (Å²) in [4.78, 5) is 4.70. The summed E-state index contributed by atoms with van der Waals surface area (Å²) in [5, 5.41) is 0. The summed E-state index contributed by atoms with van der Waals surface area (Å²) in [6, 6.07) is 0.720. The van der Waals surface area contributed by atoms with Crippen molar-refractivity contribution < 1.29 is 0 Å². The average molecular weight is 200 g/mol. The van der Waals surface area contributed by atoms with Crippen LogP contribution >= 0.6 is 0 Å². The van der Waals surface area contributed by atoms with Crippen molar-refractivity contribution in [1.82, 2.24) is 9.80 Å². The van der Waals surface area contributed by atoms with Crippen LogP contribution in [0.5, 0.6) is 0 Å². The molecule has 0 saturated carbocycles. The van der Waals surface area contributed by atoms with Crippen LogP contribution in [0.3, 0.4) is 0 Å². The van der Waals surface area contributed by atoms with Gasteiger partial charge < -0.3 is 9.80 Å². The van der Waals surface area contributed by atoms with Crippen LogP contribution in [0.4, 0.5) is 0 Å². The lowest BCUT2D eigenvalue weighted by molar-refractivity contribution is 0.213. The van der Waals surface area contributed by atoms with Gasteiger partial charge in [-0.05, 0) is 46.8 Å². The van der Waals surface area contributed by atoms with Crippen LogP contribution in [0.2, 0.25) is 0 Å². The Hall–Kier alpha value is -0.0800. The molecule has 0 radical (unpaired) electrons. The first-order chi connectivity index (χ1) is 6.43. The number of nitrogens with zero attached hydrogens (tertiary/aromatic N) is 2. The number of rotatable bonds is 7. The molecule has 0 aliphatic carbocycles. The number of hydrogen-bond acceptors (Lipinski definition) is 2. The van der Waals surface area contributed by atoms with Gasteiger partial charge in [0.05, 0.1) is 0 Å². The molecule has 86 valence electrons. The molecule has 0 aromatic carbocycles. The van der Waals surface area contributed by atoms with Crippen molar-refractivity contribution in [2.24, 2.45) is 5.92 Å². The summed E-state index contributed by atoms with van der Waals surface area (Å²) in [5.41, 5.74) is 0. The van der Waals surface area contributed by atoms with Crippen LogP contribution in [0.15, 0.2) is 0 Å². The van der Waals surface area contributed by atoms with Gasteiger partial charge in [0.25, 0.3) is 0 Å². The quantitative estimate of drug-likeness (QED) is 0.622. The van der Waals surface area contributed by atoms with Crippen LogP contribution < -0.4 is 0 Å². The normalized spacial score (nSPS) is 14.4. The molecule has 0 N–H and O–H groups in total. The fourth-order valence-electron chi connectivity index (χ4n) is 1.37. The molecule has 1 unspecified atom stereocenters. The van der Waals surface area contributed by atoms with E-state index in [2.05, 4.69) is 51.7 Å². The van der Waals surface area contributed by atoms with Gasteiger partial charge in [0.1, 0.15) is 0 Å². The molecular formula is C12H28N2. The lowest BCUT2D eigenvalue weighted by Crippen LogP contribution is -2.35. The molecule has 0 amide bonds. The second-order valence-corrected chi connectivity index (χ2v) is 5.10. The summed E-state index contributed by atoms with van der Waals surface area (Å²) in [6.45, 7) is 9.26. The lowest BCUT2D eigenvalue weighted by Gasteiger charge is -2.26. The van der Waals surface area contributed by atoms with Crippen molar-refractivity contribution >= 4 is 0 Å². The van der Waals surface area contributed by atoms with E-state index in [1.54, 1.807) is 0 Å².